The second kappa shape index (κ2) is 7.70. The molecule has 1 aromatic carbocycles. The van der Waals surface area contributed by atoms with Gasteiger partial charge in [0.05, 0.1) is 16.8 Å². The number of nitrogens with zero attached hydrogens (tertiary/aromatic N) is 1. The van der Waals surface area contributed by atoms with Crippen molar-refractivity contribution in [2.45, 2.75) is 11.8 Å². The first-order valence-electron chi connectivity index (χ1n) is 6.87. The van der Waals surface area contributed by atoms with Crippen molar-refractivity contribution in [2.75, 3.05) is 18.5 Å². The molecule has 0 unspecified atom stereocenters. The van der Waals surface area contributed by atoms with Gasteiger partial charge in [-0.2, -0.15) is 0 Å². The van der Waals surface area contributed by atoms with E-state index in [-0.39, 0.29) is 18.0 Å². The van der Waals surface area contributed by atoms with E-state index in [1.54, 1.807) is 30.5 Å². The predicted octanol–water partition coefficient (Wildman–Crippen LogP) is 1.92. The van der Waals surface area contributed by atoms with Crippen LogP contribution in [0.3, 0.4) is 0 Å². The van der Waals surface area contributed by atoms with Gasteiger partial charge in [0.2, 0.25) is 10.0 Å². The molecule has 7 nitrogen and oxygen atoms in total. The molecular weight excluding hydrogens is 318 g/mol. The Hall–Kier alpha value is -2.45. The molecule has 23 heavy (non-hydrogen) atoms. The summed E-state index contributed by atoms with van der Waals surface area (Å²) in [5.41, 5.74) is 1.47. The zero-order valence-electron chi connectivity index (χ0n) is 12.5. The normalized spacial score (nSPS) is 11.0. The van der Waals surface area contributed by atoms with Gasteiger partial charge < -0.3 is 4.74 Å². The van der Waals surface area contributed by atoms with Crippen molar-refractivity contribution in [3.63, 3.8) is 0 Å². The zero-order valence-corrected chi connectivity index (χ0v) is 13.3. The predicted molar refractivity (Wildman–Crippen MR) is 85.6 cm³/mol. The third-order valence-electron chi connectivity index (χ3n) is 2.87. The maximum atomic E-state index is 12.0. The quantitative estimate of drug-likeness (QED) is 0.786. The van der Waals surface area contributed by atoms with Crippen LogP contribution in [0, 0.1) is 6.92 Å². The number of carbonyl (C=O) groups excluding carboxylic acids is 1. The highest BCUT2D eigenvalue weighted by atomic mass is 32.2. The number of pyridine rings is 1. The molecule has 2 N–H and O–H groups in total. The summed E-state index contributed by atoms with van der Waals surface area (Å²) in [4.78, 5) is 15.5. The number of anilines is 1. The van der Waals surface area contributed by atoms with Crippen molar-refractivity contribution in [3.05, 3.63) is 54.4 Å². The van der Waals surface area contributed by atoms with Crippen LogP contribution in [0.15, 0.2) is 53.7 Å². The number of sulfonamides is 1. The standard InChI is InChI=1S/C15H17N3O4S/c1-12-4-6-14(7-5-12)23(20,21)17-9-10-22-15(19)18-13-3-2-8-16-11-13/h2-8,11,17H,9-10H2,1H3,(H,18,19). The molecule has 1 heterocycles. The van der Waals surface area contributed by atoms with Gasteiger partial charge in [0.15, 0.2) is 0 Å². The third-order valence-corrected chi connectivity index (χ3v) is 4.34. The van der Waals surface area contributed by atoms with Crippen LogP contribution >= 0.6 is 0 Å². The summed E-state index contributed by atoms with van der Waals surface area (Å²) < 4.78 is 31.3. The summed E-state index contributed by atoms with van der Waals surface area (Å²) in [7, 11) is -3.61. The molecule has 0 fully saturated rings. The SMILES string of the molecule is Cc1ccc(S(=O)(=O)NCCOC(=O)Nc2cccnc2)cc1. The molecule has 1 aromatic heterocycles. The third kappa shape index (κ3) is 5.35. The van der Waals surface area contributed by atoms with E-state index in [2.05, 4.69) is 15.0 Å². The first kappa shape index (κ1) is 16.9. The van der Waals surface area contributed by atoms with E-state index >= 15 is 0 Å². The lowest BCUT2D eigenvalue weighted by molar-refractivity contribution is 0.164. The Morgan fingerprint density at radius 2 is 1.96 bits per heavy atom. The number of hydrogen-bond donors (Lipinski definition) is 2. The number of nitrogens with one attached hydrogen (secondary N) is 2. The average molecular weight is 335 g/mol. The van der Waals surface area contributed by atoms with E-state index < -0.39 is 16.1 Å². The number of rotatable bonds is 6. The Morgan fingerprint density at radius 3 is 2.61 bits per heavy atom. The molecule has 2 aromatic rings. The summed E-state index contributed by atoms with van der Waals surface area (Å²) in [6, 6.07) is 9.81. The van der Waals surface area contributed by atoms with Gasteiger partial charge in [-0.05, 0) is 31.2 Å². The topological polar surface area (TPSA) is 97.4 Å². The number of amides is 1. The number of aromatic nitrogens is 1. The van der Waals surface area contributed by atoms with Crippen LogP contribution in [0.25, 0.3) is 0 Å². The fourth-order valence-corrected chi connectivity index (χ4v) is 2.72. The highest BCUT2D eigenvalue weighted by Crippen LogP contribution is 2.09. The monoisotopic (exact) mass is 335 g/mol. The number of hydrogen-bond acceptors (Lipinski definition) is 5. The molecular formula is C15H17N3O4S. The van der Waals surface area contributed by atoms with Crippen LogP contribution in [0.4, 0.5) is 10.5 Å². The smallest absolute Gasteiger partial charge is 0.411 e. The maximum Gasteiger partial charge on any atom is 0.411 e. The van der Waals surface area contributed by atoms with E-state index in [0.29, 0.717) is 5.69 Å². The van der Waals surface area contributed by atoms with E-state index in [4.69, 9.17) is 4.74 Å². The van der Waals surface area contributed by atoms with E-state index in [9.17, 15) is 13.2 Å². The average Bonchev–Trinajstić information content (AvgIpc) is 2.53. The molecule has 0 aliphatic heterocycles. The number of aryl methyl sites for hydroxylation is 1. The largest absolute Gasteiger partial charge is 0.448 e. The summed E-state index contributed by atoms with van der Waals surface area (Å²) in [6.45, 7) is 1.77. The van der Waals surface area contributed by atoms with Crippen LogP contribution in [0.1, 0.15) is 5.56 Å². The van der Waals surface area contributed by atoms with Crippen LogP contribution in [-0.4, -0.2) is 32.6 Å². The van der Waals surface area contributed by atoms with Gasteiger partial charge in [0, 0.05) is 12.7 Å². The van der Waals surface area contributed by atoms with Crippen LogP contribution < -0.4 is 10.0 Å². The van der Waals surface area contributed by atoms with Gasteiger partial charge in [-0.25, -0.2) is 17.9 Å². The summed E-state index contributed by atoms with van der Waals surface area (Å²) in [5, 5.41) is 2.48. The molecule has 0 aliphatic carbocycles. The van der Waals surface area contributed by atoms with E-state index in [1.807, 2.05) is 6.92 Å². The second-order valence-corrected chi connectivity index (χ2v) is 6.48. The first-order chi connectivity index (χ1) is 11.0. The van der Waals surface area contributed by atoms with Crippen molar-refractivity contribution >= 4 is 21.8 Å². The highest BCUT2D eigenvalue weighted by Gasteiger charge is 2.13. The molecule has 0 radical (unpaired) electrons. The fraction of sp³-hybridized carbons (Fsp3) is 0.200. The Balaban J connectivity index is 1.76. The first-order valence-corrected chi connectivity index (χ1v) is 8.36. The van der Waals surface area contributed by atoms with Gasteiger partial charge in [-0.1, -0.05) is 17.7 Å². The lowest BCUT2D eigenvalue weighted by Gasteiger charge is -2.08. The molecule has 0 spiro atoms. The van der Waals surface area contributed by atoms with Crippen LogP contribution in [0.5, 0.6) is 0 Å². The Kier molecular flexibility index (Phi) is 5.67. The molecule has 0 bridgehead atoms. The van der Waals surface area contributed by atoms with Crippen molar-refractivity contribution < 1.29 is 17.9 Å². The van der Waals surface area contributed by atoms with Gasteiger partial charge in [-0.3, -0.25) is 10.3 Å². The number of ether oxygens (including phenoxy) is 1. The van der Waals surface area contributed by atoms with Gasteiger partial charge in [0.25, 0.3) is 0 Å². The van der Waals surface area contributed by atoms with E-state index in [0.717, 1.165) is 5.56 Å². The van der Waals surface area contributed by atoms with Crippen LogP contribution in [-0.2, 0) is 14.8 Å². The fourth-order valence-electron chi connectivity index (χ4n) is 1.71. The molecule has 2 rings (SSSR count). The van der Waals surface area contributed by atoms with Crippen molar-refractivity contribution in [3.8, 4) is 0 Å². The summed E-state index contributed by atoms with van der Waals surface area (Å²) in [5.74, 6) is 0. The number of benzene rings is 1. The Labute approximate surface area is 134 Å². The minimum Gasteiger partial charge on any atom is -0.448 e. The molecule has 0 saturated carbocycles. The summed E-state index contributed by atoms with van der Waals surface area (Å²) in [6.07, 6.45) is 2.38. The maximum absolute atomic E-state index is 12.0. The van der Waals surface area contributed by atoms with Gasteiger partial charge >= 0.3 is 6.09 Å². The molecule has 0 aliphatic rings. The van der Waals surface area contributed by atoms with Crippen molar-refractivity contribution in [1.29, 1.82) is 0 Å². The van der Waals surface area contributed by atoms with Crippen molar-refractivity contribution in [2.24, 2.45) is 0 Å². The van der Waals surface area contributed by atoms with Gasteiger partial charge in [0.1, 0.15) is 6.61 Å². The lowest BCUT2D eigenvalue weighted by atomic mass is 10.2. The molecule has 1 amide bonds. The Morgan fingerprint density at radius 1 is 1.22 bits per heavy atom. The van der Waals surface area contributed by atoms with Crippen molar-refractivity contribution in [1.82, 2.24) is 9.71 Å². The minimum absolute atomic E-state index is 0.0172. The number of carbonyl (C=O) groups is 1. The molecule has 0 saturated heterocycles. The molecule has 0 atom stereocenters. The Bertz CT molecular complexity index is 746. The molecule has 122 valence electrons. The minimum atomic E-state index is -3.61. The lowest BCUT2D eigenvalue weighted by Crippen LogP contribution is -2.29. The highest BCUT2D eigenvalue weighted by molar-refractivity contribution is 7.89. The second-order valence-electron chi connectivity index (χ2n) is 4.71. The summed E-state index contributed by atoms with van der Waals surface area (Å²) >= 11 is 0. The van der Waals surface area contributed by atoms with Gasteiger partial charge in [-0.15, -0.1) is 0 Å². The van der Waals surface area contributed by atoms with Crippen LogP contribution in [0.2, 0.25) is 0 Å². The molecule has 8 heteroatoms. The zero-order chi connectivity index (χ0) is 16.7. The van der Waals surface area contributed by atoms with E-state index in [1.165, 1.54) is 18.3 Å².